The molecule has 0 saturated carbocycles. The van der Waals surface area contributed by atoms with Gasteiger partial charge in [-0.1, -0.05) is 23.8 Å². The van der Waals surface area contributed by atoms with E-state index in [2.05, 4.69) is 32.0 Å². The number of morpholine rings is 1. The van der Waals surface area contributed by atoms with Gasteiger partial charge >= 0.3 is 0 Å². The van der Waals surface area contributed by atoms with Crippen molar-refractivity contribution in [2.45, 2.75) is 32.9 Å². The van der Waals surface area contributed by atoms with Gasteiger partial charge in [-0.25, -0.2) is 0 Å². The van der Waals surface area contributed by atoms with E-state index in [1.54, 1.807) is 19.3 Å². The third-order valence-corrected chi connectivity index (χ3v) is 4.83. The van der Waals surface area contributed by atoms with Crippen LogP contribution in [0.2, 0.25) is 0 Å². The molecule has 2 unspecified atom stereocenters. The molecule has 3 rings (SSSR count). The zero-order valence-corrected chi connectivity index (χ0v) is 15.2. The molecule has 1 aliphatic heterocycles. The monoisotopic (exact) mass is 340 g/mol. The molecule has 1 fully saturated rings. The van der Waals surface area contributed by atoms with Gasteiger partial charge in [0.15, 0.2) is 0 Å². The number of ether oxygens (including phenoxy) is 1. The van der Waals surface area contributed by atoms with Gasteiger partial charge in [0.2, 0.25) is 0 Å². The minimum atomic E-state index is -0.183. The van der Waals surface area contributed by atoms with Crippen molar-refractivity contribution >= 4 is 5.91 Å². The summed E-state index contributed by atoms with van der Waals surface area (Å²) in [5, 5.41) is 0. The number of rotatable bonds is 2. The molecule has 5 heteroatoms. The first-order valence-corrected chi connectivity index (χ1v) is 8.53. The van der Waals surface area contributed by atoms with Gasteiger partial charge in [0.1, 0.15) is 6.10 Å². The summed E-state index contributed by atoms with van der Waals surface area (Å²) in [7, 11) is 1.67. The van der Waals surface area contributed by atoms with E-state index in [4.69, 9.17) is 4.74 Å². The maximum atomic E-state index is 12.9. The Balaban J connectivity index is 1.87. The van der Waals surface area contributed by atoms with Gasteiger partial charge in [0, 0.05) is 24.9 Å². The molecule has 5 nitrogen and oxygen atoms in total. The number of benzene rings is 1. The number of aryl methyl sites for hydroxylation is 3. The number of carbonyl (C=O) groups excluding carboxylic acids is 1. The summed E-state index contributed by atoms with van der Waals surface area (Å²) in [6.07, 6.45) is 1.48. The fourth-order valence-corrected chi connectivity index (χ4v) is 3.18. The fraction of sp³-hybridized carbons (Fsp3) is 0.400. The fourth-order valence-electron chi connectivity index (χ4n) is 3.18. The van der Waals surface area contributed by atoms with Crippen molar-refractivity contribution in [2.75, 3.05) is 13.2 Å². The van der Waals surface area contributed by atoms with E-state index < -0.39 is 0 Å². The average molecular weight is 340 g/mol. The lowest BCUT2D eigenvalue weighted by Gasteiger charge is -2.38. The van der Waals surface area contributed by atoms with E-state index in [-0.39, 0.29) is 23.6 Å². The first-order valence-electron chi connectivity index (χ1n) is 8.53. The Morgan fingerprint density at radius 1 is 1.20 bits per heavy atom. The van der Waals surface area contributed by atoms with Gasteiger partial charge in [-0.05, 0) is 38.0 Å². The van der Waals surface area contributed by atoms with Crippen LogP contribution in [0.1, 0.15) is 40.1 Å². The van der Waals surface area contributed by atoms with Gasteiger partial charge in [0.05, 0.1) is 19.2 Å². The highest BCUT2D eigenvalue weighted by Crippen LogP contribution is 2.28. The molecule has 25 heavy (non-hydrogen) atoms. The Bertz CT molecular complexity index is 856. The van der Waals surface area contributed by atoms with Crippen molar-refractivity contribution in [1.29, 1.82) is 0 Å². The van der Waals surface area contributed by atoms with Crippen LogP contribution in [-0.2, 0) is 11.8 Å². The van der Waals surface area contributed by atoms with E-state index in [0.717, 1.165) is 11.1 Å². The molecule has 0 bridgehead atoms. The lowest BCUT2D eigenvalue weighted by Crippen LogP contribution is -2.48. The highest BCUT2D eigenvalue weighted by Gasteiger charge is 2.31. The molecule has 0 aliphatic carbocycles. The Kier molecular flexibility index (Phi) is 4.77. The summed E-state index contributed by atoms with van der Waals surface area (Å²) in [5.74, 6) is -0.121. The second-order valence-electron chi connectivity index (χ2n) is 6.85. The molecular weight excluding hydrogens is 316 g/mol. The molecule has 2 atom stereocenters. The van der Waals surface area contributed by atoms with E-state index in [1.807, 2.05) is 11.8 Å². The van der Waals surface area contributed by atoms with Crippen LogP contribution in [0.5, 0.6) is 0 Å². The number of aromatic nitrogens is 1. The third-order valence-electron chi connectivity index (χ3n) is 4.83. The molecule has 2 heterocycles. The summed E-state index contributed by atoms with van der Waals surface area (Å²) >= 11 is 0. The van der Waals surface area contributed by atoms with Crippen molar-refractivity contribution in [2.24, 2.45) is 7.05 Å². The number of nitrogens with zero attached hydrogens (tertiary/aromatic N) is 2. The van der Waals surface area contributed by atoms with Crippen molar-refractivity contribution in [3.05, 3.63) is 69.1 Å². The second kappa shape index (κ2) is 6.84. The topological polar surface area (TPSA) is 51.5 Å². The Hall–Kier alpha value is -2.40. The van der Waals surface area contributed by atoms with Crippen molar-refractivity contribution in [3.8, 4) is 0 Å². The molecule has 0 spiro atoms. The summed E-state index contributed by atoms with van der Waals surface area (Å²) in [4.78, 5) is 26.6. The average Bonchev–Trinajstić information content (AvgIpc) is 2.59. The molecule has 1 aliphatic rings. The number of hydrogen-bond acceptors (Lipinski definition) is 3. The predicted octanol–water partition coefficient (Wildman–Crippen LogP) is 2.60. The van der Waals surface area contributed by atoms with Crippen LogP contribution < -0.4 is 5.56 Å². The van der Waals surface area contributed by atoms with Gasteiger partial charge in [-0.3, -0.25) is 9.59 Å². The molecule has 2 aromatic rings. The van der Waals surface area contributed by atoms with Crippen LogP contribution in [0.25, 0.3) is 0 Å². The first-order chi connectivity index (χ1) is 11.9. The molecule has 0 radical (unpaired) electrons. The van der Waals surface area contributed by atoms with Gasteiger partial charge < -0.3 is 14.2 Å². The SMILES string of the molecule is Cc1ccc(C)c(C2CN(C(=O)c3ccn(C)c(=O)c3)C(C)CO2)c1. The van der Waals surface area contributed by atoms with Gasteiger partial charge in [-0.2, -0.15) is 0 Å². The first kappa shape index (κ1) is 17.4. The van der Waals surface area contributed by atoms with Crippen LogP contribution in [-0.4, -0.2) is 34.6 Å². The minimum Gasteiger partial charge on any atom is -0.370 e. The Labute approximate surface area is 147 Å². The van der Waals surface area contributed by atoms with Crippen molar-refractivity contribution in [1.82, 2.24) is 9.47 Å². The largest absolute Gasteiger partial charge is 0.370 e. The normalized spacial score (nSPS) is 20.6. The van der Waals surface area contributed by atoms with E-state index in [9.17, 15) is 9.59 Å². The van der Waals surface area contributed by atoms with E-state index >= 15 is 0 Å². The number of carbonyl (C=O) groups is 1. The summed E-state index contributed by atoms with van der Waals surface area (Å²) in [6, 6.07) is 9.34. The van der Waals surface area contributed by atoms with E-state index in [0.29, 0.717) is 18.7 Å². The quantitative estimate of drug-likeness (QED) is 0.844. The molecular formula is C20H24N2O3. The summed E-state index contributed by atoms with van der Waals surface area (Å²) in [5.41, 5.74) is 3.70. The van der Waals surface area contributed by atoms with E-state index in [1.165, 1.54) is 16.2 Å². The van der Waals surface area contributed by atoms with Crippen LogP contribution >= 0.6 is 0 Å². The number of hydrogen-bond donors (Lipinski definition) is 0. The summed E-state index contributed by atoms with van der Waals surface area (Å²) in [6.45, 7) is 7.05. The minimum absolute atomic E-state index is 0.0297. The zero-order chi connectivity index (χ0) is 18.1. The number of amides is 1. The van der Waals surface area contributed by atoms with Crippen LogP contribution in [0.3, 0.4) is 0 Å². The van der Waals surface area contributed by atoms with Crippen LogP contribution in [0.4, 0.5) is 0 Å². The molecule has 1 saturated heterocycles. The maximum Gasteiger partial charge on any atom is 0.254 e. The highest BCUT2D eigenvalue weighted by molar-refractivity contribution is 5.94. The second-order valence-corrected chi connectivity index (χ2v) is 6.85. The van der Waals surface area contributed by atoms with Gasteiger partial charge in [-0.15, -0.1) is 0 Å². The Morgan fingerprint density at radius 3 is 2.68 bits per heavy atom. The molecule has 132 valence electrons. The predicted molar refractivity (Wildman–Crippen MR) is 96.8 cm³/mol. The maximum absolute atomic E-state index is 12.9. The smallest absolute Gasteiger partial charge is 0.254 e. The molecule has 1 aromatic carbocycles. The standard InChI is InChI=1S/C20H24N2O3/c1-13-5-6-14(2)17(9-13)18-11-22(15(3)12-25-18)20(24)16-7-8-21(4)19(23)10-16/h5-10,15,18H,11-12H2,1-4H3. The van der Waals surface area contributed by atoms with Crippen molar-refractivity contribution in [3.63, 3.8) is 0 Å². The highest BCUT2D eigenvalue weighted by atomic mass is 16.5. The van der Waals surface area contributed by atoms with Crippen LogP contribution in [0, 0.1) is 13.8 Å². The number of pyridine rings is 1. The zero-order valence-electron chi connectivity index (χ0n) is 15.2. The molecule has 0 N–H and O–H groups in total. The lowest BCUT2D eigenvalue weighted by atomic mass is 9.98. The van der Waals surface area contributed by atoms with Crippen LogP contribution in [0.15, 0.2) is 41.3 Å². The molecule has 1 aromatic heterocycles. The van der Waals surface area contributed by atoms with Gasteiger partial charge in [0.25, 0.3) is 11.5 Å². The Morgan fingerprint density at radius 2 is 1.96 bits per heavy atom. The van der Waals surface area contributed by atoms with Crippen molar-refractivity contribution < 1.29 is 9.53 Å². The summed E-state index contributed by atoms with van der Waals surface area (Å²) < 4.78 is 7.47. The lowest BCUT2D eigenvalue weighted by molar-refractivity contribution is -0.0489. The molecule has 1 amide bonds. The third kappa shape index (κ3) is 3.51.